The van der Waals surface area contributed by atoms with E-state index in [1.807, 2.05) is 31.2 Å². The van der Waals surface area contributed by atoms with Crippen molar-refractivity contribution in [3.63, 3.8) is 0 Å². The second kappa shape index (κ2) is 8.02. The Hall–Kier alpha value is -2.27. The van der Waals surface area contributed by atoms with E-state index in [9.17, 15) is 4.79 Å². The van der Waals surface area contributed by atoms with Gasteiger partial charge >= 0.3 is 0 Å². The summed E-state index contributed by atoms with van der Waals surface area (Å²) in [4.78, 5) is 14.8. The van der Waals surface area contributed by atoms with E-state index in [2.05, 4.69) is 10.2 Å². The smallest absolute Gasteiger partial charge is 0.251 e. The van der Waals surface area contributed by atoms with Crippen LogP contribution in [0.1, 0.15) is 41.9 Å². The van der Waals surface area contributed by atoms with Gasteiger partial charge in [-0.05, 0) is 63.2 Å². The summed E-state index contributed by atoms with van der Waals surface area (Å²) in [5, 5.41) is 3.04. The lowest BCUT2D eigenvalue weighted by Crippen LogP contribution is -2.36. The fourth-order valence-corrected chi connectivity index (χ4v) is 3.13. The Balaban J connectivity index is 1.65. The number of nitrogens with zero attached hydrogens (tertiary/aromatic N) is 1. The van der Waals surface area contributed by atoms with E-state index in [4.69, 9.17) is 9.15 Å². The van der Waals surface area contributed by atoms with Crippen LogP contribution >= 0.6 is 0 Å². The number of amides is 1. The SMILES string of the molecule is CCOc1cccc(C(=O)NC[C@@H](c2ccco2)N2CCCC2)c1. The molecule has 1 N–H and O–H groups in total. The zero-order valence-electron chi connectivity index (χ0n) is 14.0. The molecule has 0 spiro atoms. The minimum absolute atomic E-state index is 0.0847. The molecule has 1 aromatic heterocycles. The summed E-state index contributed by atoms with van der Waals surface area (Å²) in [6, 6.07) is 11.2. The van der Waals surface area contributed by atoms with Gasteiger partial charge in [0, 0.05) is 12.1 Å². The molecule has 0 bridgehead atoms. The van der Waals surface area contributed by atoms with Crippen molar-refractivity contribution in [2.75, 3.05) is 26.2 Å². The molecule has 0 unspecified atom stereocenters. The summed E-state index contributed by atoms with van der Waals surface area (Å²) >= 11 is 0. The van der Waals surface area contributed by atoms with Crippen LogP contribution in [0.5, 0.6) is 5.75 Å². The summed E-state index contributed by atoms with van der Waals surface area (Å²) in [5.74, 6) is 1.53. The second-order valence-corrected chi connectivity index (χ2v) is 5.95. The molecule has 0 radical (unpaired) electrons. The van der Waals surface area contributed by atoms with E-state index in [1.165, 1.54) is 12.8 Å². The number of likely N-dealkylation sites (tertiary alicyclic amines) is 1. The fourth-order valence-electron chi connectivity index (χ4n) is 3.13. The molecule has 5 nitrogen and oxygen atoms in total. The van der Waals surface area contributed by atoms with Gasteiger partial charge in [-0.15, -0.1) is 0 Å². The Kier molecular flexibility index (Phi) is 5.54. The second-order valence-electron chi connectivity index (χ2n) is 5.95. The average molecular weight is 328 g/mol. The van der Waals surface area contributed by atoms with Crippen LogP contribution in [0, 0.1) is 0 Å². The van der Waals surface area contributed by atoms with Crippen molar-refractivity contribution in [3.05, 3.63) is 54.0 Å². The molecular weight excluding hydrogens is 304 g/mol. The maximum absolute atomic E-state index is 12.5. The lowest BCUT2D eigenvalue weighted by atomic mass is 10.1. The van der Waals surface area contributed by atoms with Crippen molar-refractivity contribution in [1.29, 1.82) is 0 Å². The number of benzene rings is 1. The van der Waals surface area contributed by atoms with Crippen LogP contribution in [-0.2, 0) is 0 Å². The first-order valence-electron chi connectivity index (χ1n) is 8.56. The molecule has 0 aliphatic carbocycles. The lowest BCUT2D eigenvalue weighted by molar-refractivity contribution is 0.0933. The number of nitrogens with one attached hydrogen (secondary N) is 1. The van der Waals surface area contributed by atoms with Crippen molar-refractivity contribution >= 4 is 5.91 Å². The molecule has 5 heteroatoms. The topological polar surface area (TPSA) is 54.7 Å². The predicted molar refractivity (Wildman–Crippen MR) is 92.2 cm³/mol. The van der Waals surface area contributed by atoms with Crippen LogP contribution < -0.4 is 10.1 Å². The van der Waals surface area contributed by atoms with Crippen molar-refractivity contribution in [2.24, 2.45) is 0 Å². The number of furan rings is 1. The van der Waals surface area contributed by atoms with Crippen LogP contribution in [0.4, 0.5) is 0 Å². The van der Waals surface area contributed by atoms with Crippen molar-refractivity contribution in [2.45, 2.75) is 25.8 Å². The average Bonchev–Trinajstić information content (AvgIpc) is 3.30. The van der Waals surface area contributed by atoms with Gasteiger partial charge in [-0.25, -0.2) is 0 Å². The van der Waals surface area contributed by atoms with Crippen LogP contribution in [0.15, 0.2) is 47.1 Å². The molecule has 1 amide bonds. The van der Waals surface area contributed by atoms with Crippen molar-refractivity contribution < 1.29 is 13.9 Å². The maximum Gasteiger partial charge on any atom is 0.251 e. The number of hydrogen-bond donors (Lipinski definition) is 1. The van der Waals surface area contributed by atoms with E-state index in [-0.39, 0.29) is 11.9 Å². The Bertz CT molecular complexity index is 648. The lowest BCUT2D eigenvalue weighted by Gasteiger charge is -2.26. The van der Waals surface area contributed by atoms with Crippen LogP contribution in [0.3, 0.4) is 0 Å². The molecule has 2 aromatic rings. The van der Waals surface area contributed by atoms with E-state index >= 15 is 0 Å². The van der Waals surface area contributed by atoms with Crippen LogP contribution in [-0.4, -0.2) is 37.0 Å². The standard InChI is InChI=1S/C19H24N2O3/c1-2-23-16-8-5-7-15(13-16)19(22)20-14-17(18-9-6-12-24-18)21-10-3-4-11-21/h5-9,12-13,17H,2-4,10-11,14H2,1H3,(H,20,22)/t17-/m0/s1. The minimum Gasteiger partial charge on any atom is -0.494 e. The van der Waals surface area contributed by atoms with Crippen molar-refractivity contribution in [3.8, 4) is 5.75 Å². The van der Waals surface area contributed by atoms with E-state index in [0.717, 1.165) is 18.8 Å². The molecular formula is C19H24N2O3. The largest absolute Gasteiger partial charge is 0.494 e. The highest BCUT2D eigenvalue weighted by atomic mass is 16.5. The van der Waals surface area contributed by atoms with Gasteiger partial charge in [-0.3, -0.25) is 9.69 Å². The number of ether oxygens (including phenoxy) is 1. The third-order valence-electron chi connectivity index (χ3n) is 4.32. The summed E-state index contributed by atoms with van der Waals surface area (Å²) < 4.78 is 11.0. The van der Waals surface area contributed by atoms with Gasteiger partial charge in [0.15, 0.2) is 0 Å². The van der Waals surface area contributed by atoms with Gasteiger partial charge in [-0.2, -0.15) is 0 Å². The van der Waals surface area contributed by atoms with E-state index in [0.29, 0.717) is 24.5 Å². The quantitative estimate of drug-likeness (QED) is 0.848. The molecule has 3 rings (SSSR count). The molecule has 24 heavy (non-hydrogen) atoms. The third-order valence-corrected chi connectivity index (χ3v) is 4.32. The molecule has 1 aliphatic heterocycles. The Morgan fingerprint density at radius 2 is 2.12 bits per heavy atom. The van der Waals surface area contributed by atoms with E-state index < -0.39 is 0 Å². The number of carbonyl (C=O) groups excluding carboxylic acids is 1. The molecule has 1 atom stereocenters. The predicted octanol–water partition coefficient (Wildman–Crippen LogP) is 3.25. The van der Waals surface area contributed by atoms with Crippen LogP contribution in [0.2, 0.25) is 0 Å². The third kappa shape index (κ3) is 3.97. The first-order valence-corrected chi connectivity index (χ1v) is 8.56. The van der Waals surface area contributed by atoms with Gasteiger partial charge < -0.3 is 14.5 Å². The van der Waals surface area contributed by atoms with Gasteiger partial charge in [0.05, 0.1) is 18.9 Å². The Labute approximate surface area is 142 Å². The zero-order valence-corrected chi connectivity index (χ0v) is 14.0. The molecule has 128 valence electrons. The Morgan fingerprint density at radius 3 is 2.83 bits per heavy atom. The molecule has 1 saturated heterocycles. The van der Waals surface area contributed by atoms with Gasteiger partial charge in [-0.1, -0.05) is 6.07 Å². The summed E-state index contributed by atoms with van der Waals surface area (Å²) in [7, 11) is 0. The van der Waals surface area contributed by atoms with Crippen molar-refractivity contribution in [1.82, 2.24) is 10.2 Å². The minimum atomic E-state index is -0.0905. The molecule has 0 saturated carbocycles. The fraction of sp³-hybridized carbons (Fsp3) is 0.421. The molecule has 1 aliphatic rings. The first-order chi connectivity index (χ1) is 11.8. The highest BCUT2D eigenvalue weighted by Gasteiger charge is 2.26. The number of hydrogen-bond acceptors (Lipinski definition) is 4. The highest BCUT2D eigenvalue weighted by Crippen LogP contribution is 2.25. The zero-order chi connectivity index (χ0) is 16.8. The summed E-state index contributed by atoms with van der Waals surface area (Å²) in [6.45, 7) is 5.13. The van der Waals surface area contributed by atoms with Gasteiger partial charge in [0.25, 0.3) is 5.91 Å². The molecule has 1 fully saturated rings. The van der Waals surface area contributed by atoms with Gasteiger partial charge in [0.1, 0.15) is 11.5 Å². The number of carbonyl (C=O) groups is 1. The Morgan fingerprint density at radius 1 is 1.29 bits per heavy atom. The highest BCUT2D eigenvalue weighted by molar-refractivity contribution is 5.94. The van der Waals surface area contributed by atoms with Gasteiger partial charge in [0.2, 0.25) is 0 Å². The monoisotopic (exact) mass is 328 g/mol. The maximum atomic E-state index is 12.5. The first kappa shape index (κ1) is 16.6. The van der Waals surface area contributed by atoms with E-state index in [1.54, 1.807) is 18.4 Å². The molecule has 1 aromatic carbocycles. The van der Waals surface area contributed by atoms with Crippen LogP contribution in [0.25, 0.3) is 0 Å². The number of rotatable bonds is 7. The normalized spacial score (nSPS) is 16.0. The molecule has 2 heterocycles. The summed E-state index contributed by atoms with van der Waals surface area (Å²) in [6.07, 6.45) is 4.08. The summed E-state index contributed by atoms with van der Waals surface area (Å²) in [5.41, 5.74) is 0.612.